The Labute approximate surface area is 173 Å². The lowest BCUT2D eigenvalue weighted by Crippen LogP contribution is -2.50. The number of hydrazine groups is 1. The highest BCUT2D eigenvalue weighted by atomic mass is 16.5. The molecule has 0 aromatic heterocycles. The van der Waals surface area contributed by atoms with Crippen LogP contribution < -0.4 is 20.8 Å². The van der Waals surface area contributed by atoms with Crippen molar-refractivity contribution in [1.29, 1.82) is 0 Å². The normalized spacial score (nSPS) is 18.0. The molecule has 1 fully saturated rings. The summed E-state index contributed by atoms with van der Waals surface area (Å²) in [6, 6.07) is 14.4. The number of rotatable bonds is 7. The fourth-order valence-corrected chi connectivity index (χ4v) is 3.00. The van der Waals surface area contributed by atoms with Crippen LogP contribution in [0.15, 0.2) is 54.6 Å². The van der Waals surface area contributed by atoms with Gasteiger partial charge in [-0.2, -0.15) is 5.01 Å². The van der Waals surface area contributed by atoms with Gasteiger partial charge in [-0.25, -0.2) is 4.79 Å². The minimum atomic E-state index is -1.29. The Bertz CT molecular complexity index is 961. The highest BCUT2D eigenvalue weighted by molar-refractivity contribution is 6.08. The lowest BCUT2D eigenvalue weighted by molar-refractivity contribution is -0.138. The number of urea groups is 1. The number of imide groups is 1. The number of nitrogens with zero attached hydrogens (tertiary/aromatic N) is 1. The SMILES string of the molecule is CCOc1ccc(C(=O)NCC(=O)NN2C(=O)NC(C)(c3ccccc3)C2=O)cc1. The molecule has 0 radical (unpaired) electrons. The molecule has 1 aliphatic rings. The lowest BCUT2D eigenvalue weighted by Gasteiger charge is -2.22. The summed E-state index contributed by atoms with van der Waals surface area (Å²) in [5.41, 5.74) is 1.87. The van der Waals surface area contributed by atoms with Crippen LogP contribution >= 0.6 is 0 Å². The number of nitrogens with one attached hydrogen (secondary N) is 3. The Morgan fingerprint density at radius 1 is 1.07 bits per heavy atom. The van der Waals surface area contributed by atoms with E-state index in [2.05, 4.69) is 16.1 Å². The maximum atomic E-state index is 12.7. The molecule has 5 amide bonds. The molecule has 9 heteroatoms. The minimum absolute atomic E-state index is 0.345. The van der Waals surface area contributed by atoms with Crippen LogP contribution in [-0.2, 0) is 15.1 Å². The summed E-state index contributed by atoms with van der Waals surface area (Å²) >= 11 is 0. The molecule has 1 saturated heterocycles. The van der Waals surface area contributed by atoms with Gasteiger partial charge in [0.25, 0.3) is 17.7 Å². The largest absolute Gasteiger partial charge is 0.494 e. The molecule has 1 atom stereocenters. The van der Waals surface area contributed by atoms with Crippen molar-refractivity contribution in [2.45, 2.75) is 19.4 Å². The molecule has 2 aromatic rings. The van der Waals surface area contributed by atoms with E-state index in [1.807, 2.05) is 6.92 Å². The first-order valence-corrected chi connectivity index (χ1v) is 9.38. The van der Waals surface area contributed by atoms with Crippen LogP contribution in [0.3, 0.4) is 0 Å². The molecular weight excluding hydrogens is 388 g/mol. The predicted molar refractivity (Wildman–Crippen MR) is 107 cm³/mol. The zero-order chi connectivity index (χ0) is 21.7. The van der Waals surface area contributed by atoms with E-state index in [4.69, 9.17) is 4.74 Å². The highest BCUT2D eigenvalue weighted by Crippen LogP contribution is 2.27. The molecule has 0 spiro atoms. The van der Waals surface area contributed by atoms with E-state index < -0.39 is 35.8 Å². The Balaban J connectivity index is 1.57. The van der Waals surface area contributed by atoms with Crippen molar-refractivity contribution in [1.82, 2.24) is 21.1 Å². The fourth-order valence-electron chi connectivity index (χ4n) is 3.00. The Morgan fingerprint density at radius 3 is 2.37 bits per heavy atom. The first-order chi connectivity index (χ1) is 14.3. The van der Waals surface area contributed by atoms with Gasteiger partial charge in [0.2, 0.25) is 0 Å². The van der Waals surface area contributed by atoms with Crippen LogP contribution in [0, 0.1) is 0 Å². The van der Waals surface area contributed by atoms with E-state index in [9.17, 15) is 19.2 Å². The number of hydrogen-bond acceptors (Lipinski definition) is 5. The van der Waals surface area contributed by atoms with E-state index >= 15 is 0 Å². The summed E-state index contributed by atoms with van der Waals surface area (Å²) in [5, 5.41) is 5.65. The zero-order valence-electron chi connectivity index (χ0n) is 16.6. The van der Waals surface area contributed by atoms with Crippen LogP contribution in [0.25, 0.3) is 0 Å². The molecule has 0 aliphatic carbocycles. The molecule has 9 nitrogen and oxygen atoms in total. The molecule has 0 bridgehead atoms. The molecule has 1 heterocycles. The summed E-state index contributed by atoms with van der Waals surface area (Å²) in [5.74, 6) is -1.17. The average molecular weight is 410 g/mol. The second-order valence-corrected chi connectivity index (χ2v) is 6.74. The van der Waals surface area contributed by atoms with Crippen molar-refractivity contribution in [3.63, 3.8) is 0 Å². The number of hydrogen-bond donors (Lipinski definition) is 3. The molecule has 30 heavy (non-hydrogen) atoms. The lowest BCUT2D eigenvalue weighted by atomic mass is 9.92. The quantitative estimate of drug-likeness (QED) is 0.595. The van der Waals surface area contributed by atoms with Crippen molar-refractivity contribution < 1.29 is 23.9 Å². The van der Waals surface area contributed by atoms with Gasteiger partial charge in [0.15, 0.2) is 0 Å². The van der Waals surface area contributed by atoms with E-state index in [1.54, 1.807) is 61.5 Å². The van der Waals surface area contributed by atoms with Crippen LogP contribution in [0.4, 0.5) is 4.79 Å². The summed E-state index contributed by atoms with van der Waals surface area (Å²) < 4.78 is 5.31. The molecule has 2 aromatic carbocycles. The molecule has 0 saturated carbocycles. The molecule has 156 valence electrons. The van der Waals surface area contributed by atoms with Gasteiger partial charge in [0, 0.05) is 5.56 Å². The number of carbonyl (C=O) groups is 4. The molecule has 3 N–H and O–H groups in total. The van der Waals surface area contributed by atoms with Crippen LogP contribution in [0.2, 0.25) is 0 Å². The average Bonchev–Trinajstić information content (AvgIpc) is 2.97. The minimum Gasteiger partial charge on any atom is -0.494 e. The van der Waals surface area contributed by atoms with Crippen molar-refractivity contribution >= 4 is 23.8 Å². The fraction of sp³-hybridized carbons (Fsp3) is 0.238. The molecule has 1 unspecified atom stereocenters. The van der Waals surface area contributed by atoms with Gasteiger partial charge in [0.05, 0.1) is 13.2 Å². The summed E-state index contributed by atoms with van der Waals surface area (Å²) in [6.45, 7) is 3.51. The van der Waals surface area contributed by atoms with Gasteiger partial charge in [-0.05, 0) is 43.7 Å². The smallest absolute Gasteiger partial charge is 0.344 e. The van der Waals surface area contributed by atoms with Gasteiger partial charge in [-0.1, -0.05) is 30.3 Å². The number of benzene rings is 2. The highest BCUT2D eigenvalue weighted by Gasteiger charge is 2.49. The summed E-state index contributed by atoms with van der Waals surface area (Å²) in [6.07, 6.45) is 0. The number of amides is 5. The maximum Gasteiger partial charge on any atom is 0.344 e. The van der Waals surface area contributed by atoms with Gasteiger partial charge in [0.1, 0.15) is 11.3 Å². The third-order valence-electron chi connectivity index (χ3n) is 4.62. The Morgan fingerprint density at radius 2 is 1.73 bits per heavy atom. The zero-order valence-corrected chi connectivity index (χ0v) is 16.6. The van der Waals surface area contributed by atoms with Gasteiger partial charge < -0.3 is 15.4 Å². The molecular formula is C21H22N4O5. The van der Waals surface area contributed by atoms with Crippen molar-refractivity contribution in [3.05, 3.63) is 65.7 Å². The monoisotopic (exact) mass is 410 g/mol. The first kappa shape index (κ1) is 20.8. The second kappa shape index (κ2) is 8.64. The molecule has 1 aliphatic heterocycles. The van der Waals surface area contributed by atoms with Crippen LogP contribution in [0.5, 0.6) is 5.75 Å². The number of ether oxygens (including phenoxy) is 1. The second-order valence-electron chi connectivity index (χ2n) is 6.74. The van der Waals surface area contributed by atoms with Gasteiger partial charge in [-0.3, -0.25) is 19.8 Å². The molecule has 3 rings (SSSR count). The Kier molecular flexibility index (Phi) is 6.01. The van der Waals surface area contributed by atoms with Gasteiger partial charge >= 0.3 is 6.03 Å². The predicted octanol–water partition coefficient (Wildman–Crippen LogP) is 1.31. The third-order valence-corrected chi connectivity index (χ3v) is 4.62. The van der Waals surface area contributed by atoms with Crippen molar-refractivity contribution in [2.75, 3.05) is 13.2 Å². The van der Waals surface area contributed by atoms with Crippen LogP contribution in [-0.4, -0.2) is 41.9 Å². The van der Waals surface area contributed by atoms with E-state index in [0.29, 0.717) is 28.5 Å². The first-order valence-electron chi connectivity index (χ1n) is 9.38. The topological polar surface area (TPSA) is 117 Å². The standard InChI is InChI=1S/C21H22N4O5/c1-3-30-16-11-9-14(10-12-16)18(27)22-13-17(26)24-25-19(28)21(2,23-20(25)29)15-7-5-4-6-8-15/h4-12H,3,13H2,1-2H3,(H,22,27)(H,23,29)(H,24,26). The number of carbonyl (C=O) groups excluding carboxylic acids is 4. The van der Waals surface area contributed by atoms with Gasteiger partial charge in [-0.15, -0.1) is 0 Å². The summed E-state index contributed by atoms with van der Waals surface area (Å²) in [4.78, 5) is 49.4. The van der Waals surface area contributed by atoms with E-state index in [-0.39, 0.29) is 0 Å². The summed E-state index contributed by atoms with van der Waals surface area (Å²) in [7, 11) is 0. The van der Waals surface area contributed by atoms with E-state index in [1.165, 1.54) is 0 Å². The third kappa shape index (κ3) is 4.24. The van der Waals surface area contributed by atoms with Crippen LogP contribution in [0.1, 0.15) is 29.8 Å². The Hall–Kier alpha value is -3.88. The van der Waals surface area contributed by atoms with E-state index in [0.717, 1.165) is 0 Å². The van der Waals surface area contributed by atoms with Crippen molar-refractivity contribution in [3.8, 4) is 5.75 Å². The van der Waals surface area contributed by atoms with Crippen molar-refractivity contribution in [2.24, 2.45) is 0 Å². The maximum absolute atomic E-state index is 12.7.